The van der Waals surface area contributed by atoms with E-state index in [1.807, 2.05) is 6.07 Å². The molecule has 1 aromatic rings. The highest BCUT2D eigenvalue weighted by Gasteiger charge is 2.24. The maximum atomic E-state index is 5.68. The summed E-state index contributed by atoms with van der Waals surface area (Å²) in [7, 11) is 3.36. The molecular formula is C20H33IN4O3. The van der Waals surface area contributed by atoms with E-state index < -0.39 is 0 Å². The van der Waals surface area contributed by atoms with Crippen LogP contribution in [0.25, 0.3) is 0 Å². The lowest BCUT2D eigenvalue weighted by Crippen LogP contribution is -2.45. The number of hydrogen-bond acceptors (Lipinski definition) is 5. The van der Waals surface area contributed by atoms with Crippen molar-refractivity contribution >= 4 is 35.6 Å². The fraction of sp³-hybridized carbons (Fsp3) is 0.650. The van der Waals surface area contributed by atoms with Gasteiger partial charge >= 0.3 is 0 Å². The molecule has 2 heterocycles. The van der Waals surface area contributed by atoms with E-state index in [2.05, 4.69) is 34.6 Å². The SMILES string of the molecule is CCNC(=NCC1CCCO1)NC1CCN(c2cc(OC)cc(OC)c2)C1.I. The minimum absolute atomic E-state index is 0. The number of methoxy groups -OCH3 is 2. The number of rotatable bonds is 7. The smallest absolute Gasteiger partial charge is 0.191 e. The van der Waals surface area contributed by atoms with Gasteiger partial charge in [0.25, 0.3) is 0 Å². The van der Waals surface area contributed by atoms with Crippen molar-refractivity contribution in [3.05, 3.63) is 18.2 Å². The molecule has 0 radical (unpaired) electrons. The average Bonchev–Trinajstić information content (AvgIpc) is 3.38. The second kappa shape index (κ2) is 11.5. The van der Waals surface area contributed by atoms with Gasteiger partial charge in [0.1, 0.15) is 11.5 Å². The third-order valence-electron chi connectivity index (χ3n) is 5.05. The summed E-state index contributed by atoms with van der Waals surface area (Å²) in [6.45, 7) is 6.43. The minimum atomic E-state index is 0. The van der Waals surface area contributed by atoms with E-state index in [1.54, 1.807) is 14.2 Å². The van der Waals surface area contributed by atoms with Crippen LogP contribution in [0, 0.1) is 0 Å². The first-order valence-corrected chi connectivity index (χ1v) is 9.86. The molecule has 0 bridgehead atoms. The number of guanidine groups is 1. The zero-order valence-electron chi connectivity index (χ0n) is 17.1. The summed E-state index contributed by atoms with van der Waals surface area (Å²) in [6.07, 6.45) is 3.58. The van der Waals surface area contributed by atoms with Crippen molar-refractivity contribution in [1.29, 1.82) is 0 Å². The van der Waals surface area contributed by atoms with Crippen LogP contribution in [0.5, 0.6) is 11.5 Å². The first-order chi connectivity index (χ1) is 13.2. The Bertz CT molecular complexity index is 616. The molecule has 2 fully saturated rings. The fourth-order valence-electron chi connectivity index (χ4n) is 3.58. The summed E-state index contributed by atoms with van der Waals surface area (Å²) in [5.41, 5.74) is 1.12. The molecule has 2 aliphatic rings. The van der Waals surface area contributed by atoms with Crippen LogP contribution in [-0.2, 0) is 4.74 Å². The number of nitrogens with one attached hydrogen (secondary N) is 2. The minimum Gasteiger partial charge on any atom is -0.497 e. The molecule has 2 saturated heterocycles. The van der Waals surface area contributed by atoms with Gasteiger partial charge in [-0.15, -0.1) is 24.0 Å². The van der Waals surface area contributed by atoms with Gasteiger partial charge in [0, 0.05) is 56.2 Å². The van der Waals surface area contributed by atoms with Gasteiger partial charge in [0.15, 0.2) is 5.96 Å². The fourth-order valence-corrected chi connectivity index (χ4v) is 3.58. The lowest BCUT2D eigenvalue weighted by atomic mass is 10.2. The number of aliphatic imine (C=N–C) groups is 1. The molecule has 3 rings (SSSR count). The van der Waals surface area contributed by atoms with Crippen molar-refractivity contribution in [3.8, 4) is 11.5 Å². The molecule has 8 heteroatoms. The summed E-state index contributed by atoms with van der Waals surface area (Å²) in [5.74, 6) is 2.50. The Balaban J connectivity index is 0.00000280. The highest BCUT2D eigenvalue weighted by molar-refractivity contribution is 14.0. The Labute approximate surface area is 185 Å². The standard InChI is InChI=1S/C20H32N4O3.HI/c1-4-21-20(22-13-17-6-5-9-27-17)23-15-7-8-24(14-15)16-10-18(25-2)12-19(11-16)26-3;/h10-12,15,17H,4-9,13-14H2,1-3H3,(H2,21,22,23);1H. The lowest BCUT2D eigenvalue weighted by molar-refractivity contribution is 0.117. The van der Waals surface area contributed by atoms with E-state index in [1.165, 1.54) is 0 Å². The monoisotopic (exact) mass is 504 g/mol. The van der Waals surface area contributed by atoms with Gasteiger partial charge in [0.05, 0.1) is 26.9 Å². The van der Waals surface area contributed by atoms with Crippen LogP contribution < -0.4 is 25.0 Å². The molecule has 1 aromatic carbocycles. The van der Waals surface area contributed by atoms with E-state index in [-0.39, 0.29) is 30.1 Å². The largest absolute Gasteiger partial charge is 0.497 e. The molecule has 0 spiro atoms. The highest BCUT2D eigenvalue weighted by Crippen LogP contribution is 2.30. The van der Waals surface area contributed by atoms with Crippen molar-refractivity contribution in [2.45, 2.75) is 38.3 Å². The summed E-state index contributed by atoms with van der Waals surface area (Å²) in [5, 5.41) is 6.93. The highest BCUT2D eigenvalue weighted by atomic mass is 127. The lowest BCUT2D eigenvalue weighted by Gasteiger charge is -2.21. The molecule has 2 atom stereocenters. The zero-order valence-corrected chi connectivity index (χ0v) is 19.4. The predicted octanol–water partition coefficient (Wildman–Crippen LogP) is 2.63. The van der Waals surface area contributed by atoms with Crippen LogP contribution in [0.2, 0.25) is 0 Å². The van der Waals surface area contributed by atoms with Gasteiger partial charge in [-0.25, -0.2) is 0 Å². The van der Waals surface area contributed by atoms with Crippen molar-refractivity contribution < 1.29 is 14.2 Å². The summed E-state index contributed by atoms with van der Waals surface area (Å²) in [4.78, 5) is 7.08. The number of hydrogen-bond donors (Lipinski definition) is 2. The Hall–Kier alpha value is -1.42. The predicted molar refractivity (Wildman–Crippen MR) is 124 cm³/mol. The van der Waals surface area contributed by atoms with Crippen molar-refractivity contribution in [2.75, 3.05) is 51.9 Å². The van der Waals surface area contributed by atoms with Crippen molar-refractivity contribution in [1.82, 2.24) is 10.6 Å². The molecule has 2 unspecified atom stereocenters. The quantitative estimate of drug-likeness (QED) is 0.338. The number of nitrogens with zero attached hydrogens (tertiary/aromatic N) is 2. The van der Waals surface area contributed by atoms with E-state index in [0.717, 1.165) is 75.2 Å². The molecule has 2 N–H and O–H groups in total. The van der Waals surface area contributed by atoms with E-state index in [9.17, 15) is 0 Å². The molecule has 0 aromatic heterocycles. The van der Waals surface area contributed by atoms with Crippen LogP contribution in [0.3, 0.4) is 0 Å². The van der Waals surface area contributed by atoms with Gasteiger partial charge in [-0.3, -0.25) is 4.99 Å². The van der Waals surface area contributed by atoms with Crippen LogP contribution in [-0.4, -0.2) is 65.1 Å². The van der Waals surface area contributed by atoms with Crippen molar-refractivity contribution in [3.63, 3.8) is 0 Å². The maximum absolute atomic E-state index is 5.68. The summed E-state index contributed by atoms with van der Waals surface area (Å²) < 4.78 is 16.5. The van der Waals surface area contributed by atoms with E-state index >= 15 is 0 Å². The molecule has 7 nitrogen and oxygen atoms in total. The Morgan fingerprint density at radius 3 is 2.57 bits per heavy atom. The first kappa shape index (κ1) is 22.9. The molecule has 158 valence electrons. The van der Waals surface area contributed by atoms with Gasteiger partial charge in [-0.2, -0.15) is 0 Å². The normalized spacial score (nSPS) is 22.0. The third kappa shape index (κ3) is 6.30. The molecule has 0 amide bonds. The summed E-state index contributed by atoms with van der Waals surface area (Å²) in [6, 6.07) is 6.36. The number of anilines is 1. The molecule has 0 aliphatic carbocycles. The number of benzene rings is 1. The topological polar surface area (TPSA) is 67.4 Å². The summed E-state index contributed by atoms with van der Waals surface area (Å²) >= 11 is 0. The van der Waals surface area contributed by atoms with E-state index in [4.69, 9.17) is 19.2 Å². The van der Waals surface area contributed by atoms with Gasteiger partial charge in [-0.05, 0) is 26.2 Å². The molecule has 0 saturated carbocycles. The second-order valence-corrected chi connectivity index (χ2v) is 7.00. The first-order valence-electron chi connectivity index (χ1n) is 9.86. The molecule has 2 aliphatic heterocycles. The van der Waals surface area contributed by atoms with Crippen molar-refractivity contribution in [2.24, 2.45) is 4.99 Å². The molecular weight excluding hydrogens is 471 g/mol. The zero-order chi connectivity index (χ0) is 19.1. The third-order valence-corrected chi connectivity index (χ3v) is 5.05. The van der Waals surface area contributed by atoms with Crippen LogP contribution in [0.1, 0.15) is 26.2 Å². The van der Waals surface area contributed by atoms with Gasteiger partial charge in [0.2, 0.25) is 0 Å². The Morgan fingerprint density at radius 2 is 1.96 bits per heavy atom. The molecule has 28 heavy (non-hydrogen) atoms. The van der Waals surface area contributed by atoms with Gasteiger partial charge < -0.3 is 29.7 Å². The van der Waals surface area contributed by atoms with Crippen LogP contribution in [0.15, 0.2) is 23.2 Å². The number of ether oxygens (including phenoxy) is 3. The number of halogens is 1. The Kier molecular flexibility index (Phi) is 9.43. The van der Waals surface area contributed by atoms with E-state index in [0.29, 0.717) is 6.04 Å². The maximum Gasteiger partial charge on any atom is 0.191 e. The second-order valence-electron chi connectivity index (χ2n) is 7.00. The Morgan fingerprint density at radius 1 is 1.21 bits per heavy atom. The van der Waals surface area contributed by atoms with Crippen LogP contribution in [0.4, 0.5) is 5.69 Å². The van der Waals surface area contributed by atoms with Crippen LogP contribution >= 0.6 is 24.0 Å². The average molecular weight is 504 g/mol. The van der Waals surface area contributed by atoms with Gasteiger partial charge in [-0.1, -0.05) is 0 Å².